The first-order valence-corrected chi connectivity index (χ1v) is 8.55. The second kappa shape index (κ2) is 7.73. The van der Waals surface area contributed by atoms with E-state index in [2.05, 4.69) is 6.92 Å². The van der Waals surface area contributed by atoms with Crippen LogP contribution in [0.5, 0.6) is 0 Å². The van der Waals surface area contributed by atoms with Gasteiger partial charge in [-0.2, -0.15) is 24.9 Å². The Balaban J connectivity index is 2.35. The van der Waals surface area contributed by atoms with E-state index in [1.54, 1.807) is 17.8 Å². The molecule has 2 aromatic rings. The van der Waals surface area contributed by atoms with Crippen LogP contribution in [0.4, 0.5) is 13.2 Å². The standard InChI is InChI=1S/C17H18F3NOS/c1-2-11-23-12-10-21-14(13-6-4-3-5-7-13)8-9-15(21)16(22)17(18,19)20/h3-9H,2,10-12H2,1H3. The molecule has 124 valence electrons. The van der Waals surface area contributed by atoms with E-state index in [-0.39, 0.29) is 5.69 Å². The summed E-state index contributed by atoms with van der Waals surface area (Å²) < 4.78 is 39.9. The zero-order valence-electron chi connectivity index (χ0n) is 12.8. The van der Waals surface area contributed by atoms with Gasteiger partial charge in [0.15, 0.2) is 0 Å². The molecule has 0 aliphatic heterocycles. The average Bonchev–Trinajstić information content (AvgIpc) is 2.94. The summed E-state index contributed by atoms with van der Waals surface area (Å²) in [4.78, 5) is 11.7. The Labute approximate surface area is 137 Å². The van der Waals surface area contributed by atoms with E-state index >= 15 is 0 Å². The second-order valence-electron chi connectivity index (χ2n) is 5.06. The lowest BCUT2D eigenvalue weighted by Crippen LogP contribution is -2.26. The minimum atomic E-state index is -4.86. The number of hydrogen-bond acceptors (Lipinski definition) is 2. The molecule has 0 spiro atoms. The first-order valence-electron chi connectivity index (χ1n) is 7.39. The van der Waals surface area contributed by atoms with Crippen molar-refractivity contribution in [2.24, 2.45) is 0 Å². The van der Waals surface area contributed by atoms with E-state index in [0.717, 1.165) is 17.7 Å². The number of halogens is 3. The molecule has 0 aliphatic rings. The predicted octanol–water partition coefficient (Wildman–Crippen LogP) is 5.04. The highest BCUT2D eigenvalue weighted by molar-refractivity contribution is 7.99. The van der Waals surface area contributed by atoms with Gasteiger partial charge in [0.05, 0.1) is 5.69 Å². The van der Waals surface area contributed by atoms with Crippen LogP contribution in [0.25, 0.3) is 11.3 Å². The summed E-state index contributed by atoms with van der Waals surface area (Å²) in [5, 5.41) is 0. The normalized spacial score (nSPS) is 11.7. The summed E-state index contributed by atoms with van der Waals surface area (Å²) in [5.74, 6) is -0.175. The Kier molecular flexibility index (Phi) is 5.93. The SMILES string of the molecule is CCCSCCn1c(C(=O)C(F)(F)F)ccc1-c1ccccc1. The monoisotopic (exact) mass is 341 g/mol. The van der Waals surface area contributed by atoms with Crippen LogP contribution in [0.3, 0.4) is 0 Å². The molecule has 0 saturated carbocycles. The van der Waals surface area contributed by atoms with E-state index in [9.17, 15) is 18.0 Å². The Morgan fingerprint density at radius 3 is 2.39 bits per heavy atom. The van der Waals surface area contributed by atoms with Gasteiger partial charge in [-0.05, 0) is 29.9 Å². The molecule has 2 rings (SSSR count). The molecule has 1 heterocycles. The first-order chi connectivity index (χ1) is 10.9. The zero-order chi connectivity index (χ0) is 16.9. The summed E-state index contributed by atoms with van der Waals surface area (Å²) in [6.07, 6.45) is -3.85. The van der Waals surface area contributed by atoms with Crippen LogP contribution in [0, 0.1) is 0 Å². The molecule has 1 aromatic heterocycles. The van der Waals surface area contributed by atoms with Gasteiger partial charge in [0.1, 0.15) is 0 Å². The number of ketones is 1. The Hall–Kier alpha value is -1.69. The molecule has 23 heavy (non-hydrogen) atoms. The maximum Gasteiger partial charge on any atom is 0.456 e. The largest absolute Gasteiger partial charge is 0.456 e. The van der Waals surface area contributed by atoms with Gasteiger partial charge in [-0.3, -0.25) is 4.79 Å². The molecule has 0 saturated heterocycles. The lowest BCUT2D eigenvalue weighted by Gasteiger charge is -2.14. The number of Topliss-reactive ketones (excluding diaryl/α,β-unsaturated/α-hetero) is 1. The van der Waals surface area contributed by atoms with Gasteiger partial charge in [-0.1, -0.05) is 37.3 Å². The number of benzene rings is 1. The maximum atomic E-state index is 12.8. The Bertz CT molecular complexity index is 650. The second-order valence-corrected chi connectivity index (χ2v) is 6.29. The molecular formula is C17H18F3NOS. The third kappa shape index (κ3) is 4.41. The van der Waals surface area contributed by atoms with Crippen LogP contribution in [-0.4, -0.2) is 28.0 Å². The van der Waals surface area contributed by atoms with Crippen molar-refractivity contribution in [3.8, 4) is 11.3 Å². The van der Waals surface area contributed by atoms with E-state index in [4.69, 9.17) is 0 Å². The number of carbonyl (C=O) groups is 1. The summed E-state index contributed by atoms with van der Waals surface area (Å²) >= 11 is 1.67. The van der Waals surface area contributed by atoms with Crippen LogP contribution in [0.2, 0.25) is 0 Å². The molecule has 1 aromatic carbocycles. The smallest absolute Gasteiger partial charge is 0.337 e. The van der Waals surface area contributed by atoms with Crippen LogP contribution >= 0.6 is 11.8 Å². The van der Waals surface area contributed by atoms with Crippen molar-refractivity contribution < 1.29 is 18.0 Å². The summed E-state index contributed by atoms with van der Waals surface area (Å²) in [6.45, 7) is 2.43. The lowest BCUT2D eigenvalue weighted by atomic mass is 10.1. The average molecular weight is 341 g/mol. The van der Waals surface area contributed by atoms with Crippen LogP contribution in [0.15, 0.2) is 42.5 Å². The third-order valence-electron chi connectivity index (χ3n) is 3.35. The fourth-order valence-corrected chi connectivity index (χ4v) is 3.12. The quantitative estimate of drug-likeness (QED) is 0.520. The molecule has 2 nitrogen and oxygen atoms in total. The summed E-state index contributed by atoms with van der Waals surface area (Å²) in [7, 11) is 0. The zero-order valence-corrected chi connectivity index (χ0v) is 13.6. The van der Waals surface area contributed by atoms with E-state index in [1.165, 1.54) is 10.6 Å². The molecule has 0 atom stereocenters. The number of rotatable bonds is 7. The van der Waals surface area contributed by atoms with Crippen LogP contribution in [0.1, 0.15) is 23.8 Å². The lowest BCUT2D eigenvalue weighted by molar-refractivity contribution is -0.0890. The molecular weight excluding hydrogens is 323 g/mol. The summed E-state index contributed by atoms with van der Waals surface area (Å²) in [6, 6.07) is 12.0. The van der Waals surface area contributed by atoms with Crippen molar-refractivity contribution >= 4 is 17.5 Å². The molecule has 0 radical (unpaired) electrons. The third-order valence-corrected chi connectivity index (χ3v) is 4.52. The van der Waals surface area contributed by atoms with Crippen molar-refractivity contribution in [1.29, 1.82) is 0 Å². The topological polar surface area (TPSA) is 22.0 Å². The van der Waals surface area contributed by atoms with Crippen molar-refractivity contribution in [2.45, 2.75) is 26.1 Å². The van der Waals surface area contributed by atoms with Gasteiger partial charge in [0, 0.05) is 18.0 Å². The van der Waals surface area contributed by atoms with Crippen molar-refractivity contribution in [2.75, 3.05) is 11.5 Å². The molecule has 0 N–H and O–H groups in total. The Morgan fingerprint density at radius 2 is 1.78 bits per heavy atom. The highest BCUT2D eigenvalue weighted by Gasteiger charge is 2.41. The molecule has 0 fully saturated rings. The fraction of sp³-hybridized carbons (Fsp3) is 0.353. The van der Waals surface area contributed by atoms with Crippen molar-refractivity contribution in [3.63, 3.8) is 0 Å². The van der Waals surface area contributed by atoms with Gasteiger partial charge < -0.3 is 4.57 Å². The van der Waals surface area contributed by atoms with Gasteiger partial charge in [0.25, 0.3) is 5.78 Å². The predicted molar refractivity (Wildman–Crippen MR) is 87.9 cm³/mol. The minimum Gasteiger partial charge on any atom is -0.337 e. The summed E-state index contributed by atoms with van der Waals surface area (Å²) in [5.41, 5.74) is 1.14. The molecule has 0 unspecified atom stereocenters. The number of alkyl halides is 3. The van der Waals surface area contributed by atoms with E-state index in [0.29, 0.717) is 18.0 Å². The molecule has 0 bridgehead atoms. The molecule has 0 amide bonds. The highest BCUT2D eigenvalue weighted by atomic mass is 32.2. The maximum absolute atomic E-state index is 12.8. The van der Waals surface area contributed by atoms with E-state index in [1.807, 2.05) is 30.3 Å². The highest BCUT2D eigenvalue weighted by Crippen LogP contribution is 2.28. The number of aromatic nitrogens is 1. The number of hydrogen-bond donors (Lipinski definition) is 0. The van der Waals surface area contributed by atoms with Gasteiger partial charge in [-0.15, -0.1) is 0 Å². The van der Waals surface area contributed by atoms with Crippen LogP contribution in [-0.2, 0) is 6.54 Å². The molecule has 6 heteroatoms. The van der Waals surface area contributed by atoms with Gasteiger partial charge >= 0.3 is 6.18 Å². The van der Waals surface area contributed by atoms with Crippen LogP contribution < -0.4 is 0 Å². The number of nitrogens with zero attached hydrogens (tertiary/aromatic N) is 1. The Morgan fingerprint density at radius 1 is 1.09 bits per heavy atom. The van der Waals surface area contributed by atoms with Gasteiger partial charge in [0.2, 0.25) is 0 Å². The minimum absolute atomic E-state index is 0.298. The first kappa shape index (κ1) is 17.7. The number of carbonyl (C=O) groups excluding carboxylic acids is 1. The van der Waals surface area contributed by atoms with Crippen molar-refractivity contribution in [3.05, 3.63) is 48.2 Å². The molecule has 0 aliphatic carbocycles. The van der Waals surface area contributed by atoms with E-state index < -0.39 is 12.0 Å². The number of thioether (sulfide) groups is 1. The van der Waals surface area contributed by atoms with Crippen molar-refractivity contribution in [1.82, 2.24) is 4.57 Å². The fourth-order valence-electron chi connectivity index (χ4n) is 2.32. The van der Waals surface area contributed by atoms with Gasteiger partial charge in [-0.25, -0.2) is 0 Å².